The maximum absolute atomic E-state index is 10.6. The SMILES string of the molecule is Cc1ccc(Br)c([C@H](C2CCC2)N2CCNCC2)c1O.Cl.Cl. The first kappa shape index (κ1) is 20.0. The molecule has 3 rings (SSSR count). The van der Waals surface area contributed by atoms with E-state index in [9.17, 15) is 5.11 Å². The van der Waals surface area contributed by atoms with Crippen LogP contribution in [0.3, 0.4) is 0 Å². The third-order valence-electron chi connectivity index (χ3n) is 4.80. The van der Waals surface area contributed by atoms with Crippen molar-refractivity contribution in [1.29, 1.82) is 0 Å². The lowest BCUT2D eigenvalue weighted by molar-refractivity contribution is 0.0814. The van der Waals surface area contributed by atoms with Gasteiger partial charge in [0.2, 0.25) is 0 Å². The van der Waals surface area contributed by atoms with E-state index in [0.29, 0.717) is 17.7 Å². The van der Waals surface area contributed by atoms with Crippen LogP contribution in [0.15, 0.2) is 16.6 Å². The molecular formula is C16H25BrCl2N2O. The summed E-state index contributed by atoms with van der Waals surface area (Å²) in [5, 5.41) is 14.0. The molecule has 6 heteroatoms. The van der Waals surface area contributed by atoms with Gasteiger partial charge in [0, 0.05) is 42.3 Å². The van der Waals surface area contributed by atoms with Crippen molar-refractivity contribution in [3.8, 4) is 5.75 Å². The Bertz CT molecular complexity index is 491. The number of phenols is 1. The number of rotatable bonds is 3. The number of benzene rings is 1. The Hall–Kier alpha value is -0.000000000000000111. The number of nitrogens with one attached hydrogen (secondary N) is 1. The zero-order valence-electron chi connectivity index (χ0n) is 12.8. The average molecular weight is 412 g/mol. The van der Waals surface area contributed by atoms with Gasteiger partial charge in [0.25, 0.3) is 0 Å². The molecule has 2 aliphatic rings. The van der Waals surface area contributed by atoms with E-state index in [0.717, 1.165) is 41.8 Å². The van der Waals surface area contributed by atoms with Gasteiger partial charge >= 0.3 is 0 Å². The minimum absolute atomic E-state index is 0. The summed E-state index contributed by atoms with van der Waals surface area (Å²) in [6.07, 6.45) is 3.90. The fourth-order valence-electron chi connectivity index (χ4n) is 3.41. The van der Waals surface area contributed by atoms with Gasteiger partial charge in [-0.15, -0.1) is 24.8 Å². The third-order valence-corrected chi connectivity index (χ3v) is 5.49. The third kappa shape index (κ3) is 3.90. The number of piperazine rings is 1. The first-order valence-electron chi connectivity index (χ1n) is 7.61. The lowest BCUT2D eigenvalue weighted by Crippen LogP contribution is -2.48. The van der Waals surface area contributed by atoms with E-state index in [1.165, 1.54) is 19.3 Å². The molecule has 1 atom stereocenters. The Morgan fingerprint density at radius 3 is 2.41 bits per heavy atom. The van der Waals surface area contributed by atoms with Crippen LogP contribution in [0, 0.1) is 12.8 Å². The molecule has 2 N–H and O–H groups in total. The highest BCUT2D eigenvalue weighted by Crippen LogP contribution is 2.47. The fourth-order valence-corrected chi connectivity index (χ4v) is 3.96. The second kappa shape index (κ2) is 8.74. The standard InChI is InChI=1S/C16H23BrN2O.2ClH/c1-11-5-6-13(17)14(16(11)20)15(12-3-2-4-12)19-9-7-18-8-10-19;;/h5-6,12,15,18,20H,2-4,7-10H2,1H3;2*1H/t15-;;/m0../s1. The van der Waals surface area contributed by atoms with Gasteiger partial charge in [0.15, 0.2) is 0 Å². The Labute approximate surface area is 153 Å². The van der Waals surface area contributed by atoms with E-state index in [1.807, 2.05) is 13.0 Å². The number of aryl methyl sites for hydroxylation is 1. The molecule has 1 saturated carbocycles. The van der Waals surface area contributed by atoms with E-state index in [4.69, 9.17) is 0 Å². The van der Waals surface area contributed by atoms with E-state index < -0.39 is 0 Å². The van der Waals surface area contributed by atoms with Crippen LogP contribution in [-0.4, -0.2) is 36.2 Å². The molecule has 0 bridgehead atoms. The molecule has 1 aromatic carbocycles. The quantitative estimate of drug-likeness (QED) is 0.787. The van der Waals surface area contributed by atoms with Crippen molar-refractivity contribution in [1.82, 2.24) is 10.2 Å². The van der Waals surface area contributed by atoms with Crippen LogP contribution in [0.4, 0.5) is 0 Å². The maximum Gasteiger partial charge on any atom is 0.124 e. The molecule has 0 unspecified atom stereocenters. The van der Waals surface area contributed by atoms with Crippen molar-refractivity contribution in [2.45, 2.75) is 32.2 Å². The summed E-state index contributed by atoms with van der Waals surface area (Å²) in [4.78, 5) is 2.56. The number of nitrogens with zero attached hydrogens (tertiary/aromatic N) is 1. The minimum Gasteiger partial charge on any atom is -0.507 e. The van der Waals surface area contributed by atoms with Crippen molar-refractivity contribution in [3.63, 3.8) is 0 Å². The van der Waals surface area contributed by atoms with Crippen LogP contribution in [0.1, 0.15) is 36.4 Å². The van der Waals surface area contributed by atoms with Gasteiger partial charge in [0.1, 0.15) is 5.75 Å². The van der Waals surface area contributed by atoms with E-state index >= 15 is 0 Å². The van der Waals surface area contributed by atoms with Crippen LogP contribution in [0.25, 0.3) is 0 Å². The van der Waals surface area contributed by atoms with E-state index in [2.05, 4.69) is 32.2 Å². The second-order valence-corrected chi connectivity index (χ2v) is 6.90. The van der Waals surface area contributed by atoms with Gasteiger partial charge in [-0.05, 0) is 37.3 Å². The molecule has 0 spiro atoms. The molecule has 1 aliphatic heterocycles. The maximum atomic E-state index is 10.6. The predicted molar refractivity (Wildman–Crippen MR) is 99.6 cm³/mol. The number of aromatic hydroxyl groups is 1. The van der Waals surface area contributed by atoms with E-state index in [1.54, 1.807) is 0 Å². The lowest BCUT2D eigenvalue weighted by atomic mass is 9.76. The molecular weight excluding hydrogens is 387 g/mol. The highest BCUT2D eigenvalue weighted by atomic mass is 79.9. The average Bonchev–Trinajstić information content (AvgIpc) is 2.41. The normalized spacial score (nSPS) is 20.5. The monoisotopic (exact) mass is 410 g/mol. The van der Waals surface area contributed by atoms with Crippen LogP contribution >= 0.6 is 40.7 Å². The number of hydrogen-bond donors (Lipinski definition) is 2. The summed E-state index contributed by atoms with van der Waals surface area (Å²) >= 11 is 3.67. The topological polar surface area (TPSA) is 35.5 Å². The van der Waals surface area contributed by atoms with Gasteiger partial charge in [-0.25, -0.2) is 0 Å². The van der Waals surface area contributed by atoms with Crippen molar-refractivity contribution in [2.24, 2.45) is 5.92 Å². The largest absolute Gasteiger partial charge is 0.507 e. The Balaban J connectivity index is 0.00000121. The van der Waals surface area contributed by atoms with Gasteiger partial charge < -0.3 is 10.4 Å². The van der Waals surface area contributed by atoms with Gasteiger partial charge in [-0.1, -0.05) is 28.4 Å². The minimum atomic E-state index is 0. The fraction of sp³-hybridized carbons (Fsp3) is 0.625. The zero-order valence-corrected chi connectivity index (χ0v) is 16.1. The molecule has 1 aliphatic carbocycles. The molecule has 1 saturated heterocycles. The van der Waals surface area contributed by atoms with Crippen LogP contribution < -0.4 is 5.32 Å². The number of phenolic OH excluding ortho intramolecular Hbond substituents is 1. The second-order valence-electron chi connectivity index (χ2n) is 6.05. The Morgan fingerprint density at radius 1 is 1.23 bits per heavy atom. The molecule has 0 amide bonds. The molecule has 3 nitrogen and oxygen atoms in total. The van der Waals surface area contributed by atoms with Crippen molar-refractivity contribution >= 4 is 40.7 Å². The summed E-state index contributed by atoms with van der Waals surface area (Å²) in [5.74, 6) is 1.17. The van der Waals surface area contributed by atoms with Crippen LogP contribution in [0.2, 0.25) is 0 Å². The molecule has 1 heterocycles. The lowest BCUT2D eigenvalue weighted by Gasteiger charge is -2.43. The summed E-state index contributed by atoms with van der Waals surface area (Å²) in [7, 11) is 0. The summed E-state index contributed by atoms with van der Waals surface area (Å²) in [6.45, 7) is 6.23. The van der Waals surface area contributed by atoms with Crippen LogP contribution in [-0.2, 0) is 0 Å². The zero-order chi connectivity index (χ0) is 14.1. The van der Waals surface area contributed by atoms with Gasteiger partial charge in [0.05, 0.1) is 0 Å². The smallest absolute Gasteiger partial charge is 0.124 e. The predicted octanol–water partition coefficient (Wildman–Crippen LogP) is 4.05. The molecule has 1 aromatic rings. The van der Waals surface area contributed by atoms with E-state index in [-0.39, 0.29) is 24.8 Å². The highest BCUT2D eigenvalue weighted by Gasteiger charge is 2.36. The van der Waals surface area contributed by atoms with Gasteiger partial charge in [-0.3, -0.25) is 4.90 Å². The molecule has 126 valence electrons. The molecule has 0 aromatic heterocycles. The molecule has 22 heavy (non-hydrogen) atoms. The van der Waals surface area contributed by atoms with Crippen molar-refractivity contribution < 1.29 is 5.11 Å². The van der Waals surface area contributed by atoms with Gasteiger partial charge in [-0.2, -0.15) is 0 Å². The summed E-state index contributed by atoms with van der Waals surface area (Å²) in [5.41, 5.74) is 2.08. The number of hydrogen-bond acceptors (Lipinski definition) is 3. The van der Waals surface area contributed by atoms with Crippen molar-refractivity contribution in [3.05, 3.63) is 27.7 Å². The summed E-state index contributed by atoms with van der Waals surface area (Å²) < 4.78 is 1.05. The Morgan fingerprint density at radius 2 is 1.86 bits per heavy atom. The van der Waals surface area contributed by atoms with Crippen molar-refractivity contribution in [2.75, 3.05) is 26.2 Å². The highest BCUT2D eigenvalue weighted by molar-refractivity contribution is 9.10. The number of halogens is 3. The first-order chi connectivity index (χ1) is 9.68. The summed E-state index contributed by atoms with van der Waals surface area (Å²) in [6, 6.07) is 4.43. The molecule has 0 radical (unpaired) electrons. The van der Waals surface area contributed by atoms with Crippen LogP contribution in [0.5, 0.6) is 5.75 Å². The Kier molecular flexibility index (Phi) is 7.96. The molecule has 2 fully saturated rings. The first-order valence-corrected chi connectivity index (χ1v) is 8.40.